The van der Waals surface area contributed by atoms with E-state index in [0.29, 0.717) is 0 Å². The minimum absolute atomic E-state index is 0.899. The van der Waals surface area contributed by atoms with E-state index in [0.717, 1.165) is 16.5 Å². The maximum absolute atomic E-state index is 5.27. The Kier molecular flexibility index (Phi) is 1.38. The lowest BCUT2D eigenvalue weighted by atomic mass is 10.2. The van der Waals surface area contributed by atoms with Gasteiger partial charge in [0.25, 0.3) is 0 Å². The monoisotopic (exact) mass is 156 g/mol. The van der Waals surface area contributed by atoms with Crippen LogP contribution in [0.25, 0.3) is 10.9 Å². The molecule has 2 aromatic rings. The second kappa shape index (κ2) is 2.38. The van der Waals surface area contributed by atoms with Gasteiger partial charge in [-0.3, -0.25) is 4.68 Å². The Balaban J connectivity index is 2.80. The standard InChI is InChI=1S/C10H8N2/c1-3-8-4-5-10-9(6-8)7-11-12(10)2/h1,4-7H,2H3. The van der Waals surface area contributed by atoms with Crippen molar-refractivity contribution >= 4 is 10.9 Å². The summed E-state index contributed by atoms with van der Waals surface area (Å²) in [7, 11) is 1.91. The van der Waals surface area contributed by atoms with Gasteiger partial charge in [-0.05, 0) is 18.2 Å². The average molecular weight is 156 g/mol. The van der Waals surface area contributed by atoms with Gasteiger partial charge in [-0.1, -0.05) is 5.92 Å². The fourth-order valence-corrected chi connectivity index (χ4v) is 1.25. The number of hydrogen-bond acceptors (Lipinski definition) is 1. The van der Waals surface area contributed by atoms with E-state index in [1.165, 1.54) is 0 Å². The molecule has 0 aliphatic rings. The first-order chi connectivity index (χ1) is 5.81. The van der Waals surface area contributed by atoms with Crippen LogP contribution >= 0.6 is 0 Å². The molecule has 0 spiro atoms. The van der Waals surface area contributed by atoms with Crippen LogP contribution in [0.15, 0.2) is 24.4 Å². The number of rotatable bonds is 0. The fourth-order valence-electron chi connectivity index (χ4n) is 1.25. The van der Waals surface area contributed by atoms with Crippen LogP contribution < -0.4 is 0 Å². The summed E-state index contributed by atoms with van der Waals surface area (Å²) in [5, 5.41) is 5.21. The third-order valence-electron chi connectivity index (χ3n) is 1.91. The number of hydrogen-bond donors (Lipinski definition) is 0. The summed E-state index contributed by atoms with van der Waals surface area (Å²) < 4.78 is 1.83. The van der Waals surface area contributed by atoms with Gasteiger partial charge in [0.2, 0.25) is 0 Å². The zero-order valence-corrected chi connectivity index (χ0v) is 6.78. The Bertz CT molecular complexity index is 460. The van der Waals surface area contributed by atoms with Crippen molar-refractivity contribution in [2.45, 2.75) is 0 Å². The maximum Gasteiger partial charge on any atom is 0.0679 e. The molecular formula is C10H8N2. The van der Waals surface area contributed by atoms with Crippen molar-refractivity contribution < 1.29 is 0 Å². The lowest BCUT2D eigenvalue weighted by molar-refractivity contribution is 0.797. The second-order valence-electron chi connectivity index (χ2n) is 2.69. The van der Waals surface area contributed by atoms with Gasteiger partial charge in [-0.2, -0.15) is 5.10 Å². The van der Waals surface area contributed by atoms with Crippen molar-refractivity contribution in [2.24, 2.45) is 7.05 Å². The summed E-state index contributed by atoms with van der Waals surface area (Å²) >= 11 is 0. The molecule has 12 heavy (non-hydrogen) atoms. The van der Waals surface area contributed by atoms with Crippen LogP contribution in [0.2, 0.25) is 0 Å². The minimum Gasteiger partial charge on any atom is -0.268 e. The molecule has 0 atom stereocenters. The van der Waals surface area contributed by atoms with E-state index in [1.54, 1.807) is 0 Å². The molecule has 0 unspecified atom stereocenters. The van der Waals surface area contributed by atoms with Gasteiger partial charge < -0.3 is 0 Å². The molecule has 0 saturated carbocycles. The van der Waals surface area contributed by atoms with Crippen molar-refractivity contribution in [1.82, 2.24) is 9.78 Å². The topological polar surface area (TPSA) is 17.8 Å². The fraction of sp³-hybridized carbons (Fsp3) is 0.100. The summed E-state index contributed by atoms with van der Waals surface area (Å²) in [4.78, 5) is 0. The molecule has 0 radical (unpaired) electrons. The Labute approximate surface area is 70.8 Å². The van der Waals surface area contributed by atoms with Crippen LogP contribution in [0.1, 0.15) is 5.56 Å². The second-order valence-corrected chi connectivity index (χ2v) is 2.69. The summed E-state index contributed by atoms with van der Waals surface area (Å²) in [6.07, 6.45) is 7.09. The first-order valence-corrected chi connectivity index (χ1v) is 3.69. The highest BCUT2D eigenvalue weighted by atomic mass is 15.2. The molecule has 0 fully saturated rings. The van der Waals surface area contributed by atoms with Crippen LogP contribution in [0.3, 0.4) is 0 Å². The van der Waals surface area contributed by atoms with Gasteiger partial charge >= 0.3 is 0 Å². The quantitative estimate of drug-likeness (QED) is 0.529. The minimum atomic E-state index is 0.899. The first-order valence-electron chi connectivity index (χ1n) is 3.69. The Hall–Kier alpha value is -1.75. The van der Waals surface area contributed by atoms with Gasteiger partial charge in [0, 0.05) is 18.0 Å². The highest BCUT2D eigenvalue weighted by molar-refractivity contribution is 5.80. The van der Waals surface area contributed by atoms with Gasteiger partial charge in [-0.15, -0.1) is 6.42 Å². The molecule has 0 N–H and O–H groups in total. The zero-order valence-electron chi connectivity index (χ0n) is 6.78. The smallest absolute Gasteiger partial charge is 0.0679 e. The van der Waals surface area contributed by atoms with E-state index in [4.69, 9.17) is 6.42 Å². The third-order valence-corrected chi connectivity index (χ3v) is 1.91. The molecule has 0 saturated heterocycles. The normalized spacial score (nSPS) is 10.0. The van der Waals surface area contributed by atoms with Crippen molar-refractivity contribution in [3.05, 3.63) is 30.0 Å². The van der Waals surface area contributed by atoms with Crippen molar-refractivity contribution in [2.75, 3.05) is 0 Å². The van der Waals surface area contributed by atoms with Crippen LogP contribution in [0.5, 0.6) is 0 Å². The predicted molar refractivity (Wildman–Crippen MR) is 48.6 cm³/mol. The lowest BCUT2D eigenvalue weighted by Crippen LogP contribution is -1.87. The number of benzene rings is 1. The number of terminal acetylenes is 1. The molecule has 1 aromatic carbocycles. The van der Waals surface area contributed by atoms with Crippen molar-refractivity contribution in [1.29, 1.82) is 0 Å². The number of nitrogens with zero attached hydrogens (tertiary/aromatic N) is 2. The van der Waals surface area contributed by atoms with E-state index in [9.17, 15) is 0 Å². The van der Waals surface area contributed by atoms with Crippen molar-refractivity contribution in [3.8, 4) is 12.3 Å². The van der Waals surface area contributed by atoms with Gasteiger partial charge in [0.15, 0.2) is 0 Å². The first kappa shape index (κ1) is 6.93. The molecule has 0 bridgehead atoms. The highest BCUT2D eigenvalue weighted by Gasteiger charge is 1.97. The largest absolute Gasteiger partial charge is 0.268 e. The number of fused-ring (bicyclic) bond motifs is 1. The Morgan fingerprint density at radius 1 is 1.50 bits per heavy atom. The van der Waals surface area contributed by atoms with E-state index in [2.05, 4.69) is 11.0 Å². The molecule has 0 amide bonds. The SMILES string of the molecule is C#Cc1ccc2c(cnn2C)c1. The maximum atomic E-state index is 5.27. The van der Waals surface area contributed by atoms with Crippen LogP contribution in [-0.2, 0) is 7.05 Å². The molecule has 2 nitrogen and oxygen atoms in total. The van der Waals surface area contributed by atoms with Gasteiger partial charge in [-0.25, -0.2) is 0 Å². The summed E-state index contributed by atoms with van der Waals surface area (Å²) in [6, 6.07) is 5.86. The summed E-state index contributed by atoms with van der Waals surface area (Å²) in [5.74, 6) is 2.59. The van der Waals surface area contributed by atoms with E-state index < -0.39 is 0 Å². The molecule has 58 valence electrons. The number of aromatic nitrogens is 2. The number of aryl methyl sites for hydroxylation is 1. The molecule has 0 aliphatic carbocycles. The predicted octanol–water partition coefficient (Wildman–Crippen LogP) is 1.55. The van der Waals surface area contributed by atoms with E-state index in [1.807, 2.05) is 36.1 Å². The van der Waals surface area contributed by atoms with Crippen LogP contribution in [0, 0.1) is 12.3 Å². The Morgan fingerprint density at radius 2 is 2.33 bits per heavy atom. The molecule has 1 aromatic heterocycles. The van der Waals surface area contributed by atoms with Crippen LogP contribution in [-0.4, -0.2) is 9.78 Å². The zero-order chi connectivity index (χ0) is 8.55. The summed E-state index contributed by atoms with van der Waals surface area (Å²) in [6.45, 7) is 0. The lowest BCUT2D eigenvalue weighted by Gasteiger charge is -1.93. The molecule has 2 heteroatoms. The summed E-state index contributed by atoms with van der Waals surface area (Å²) in [5.41, 5.74) is 2.00. The highest BCUT2D eigenvalue weighted by Crippen LogP contribution is 2.13. The van der Waals surface area contributed by atoms with E-state index in [-0.39, 0.29) is 0 Å². The van der Waals surface area contributed by atoms with E-state index >= 15 is 0 Å². The molecular weight excluding hydrogens is 148 g/mol. The van der Waals surface area contributed by atoms with Crippen molar-refractivity contribution in [3.63, 3.8) is 0 Å². The third kappa shape index (κ3) is 0.876. The molecule has 0 aliphatic heterocycles. The Morgan fingerprint density at radius 3 is 3.08 bits per heavy atom. The van der Waals surface area contributed by atoms with Gasteiger partial charge in [0.05, 0.1) is 11.7 Å². The molecule has 2 rings (SSSR count). The van der Waals surface area contributed by atoms with Crippen LogP contribution in [0.4, 0.5) is 0 Å². The molecule has 1 heterocycles. The van der Waals surface area contributed by atoms with Gasteiger partial charge in [0.1, 0.15) is 0 Å². The average Bonchev–Trinajstić information content (AvgIpc) is 2.47.